The summed E-state index contributed by atoms with van der Waals surface area (Å²) >= 11 is 7.94. The van der Waals surface area contributed by atoms with Crippen LogP contribution in [0.2, 0.25) is 5.02 Å². The number of nitrogens with two attached hydrogens (primary N) is 1. The summed E-state index contributed by atoms with van der Waals surface area (Å²) in [6, 6.07) is 11.8. The van der Waals surface area contributed by atoms with Crippen LogP contribution in [0, 0.1) is 30.6 Å². The number of anilines is 1. The van der Waals surface area contributed by atoms with Crippen LogP contribution < -0.4 is 10.6 Å². The third-order valence-corrected chi connectivity index (χ3v) is 7.05. The predicted molar refractivity (Wildman–Crippen MR) is 122 cm³/mol. The number of benzene rings is 1. The first-order valence-corrected chi connectivity index (χ1v) is 11.1. The molecule has 0 amide bonds. The topological polar surface area (TPSA) is 70.1 Å². The van der Waals surface area contributed by atoms with Crippen molar-refractivity contribution in [1.29, 1.82) is 5.26 Å². The molecule has 0 saturated carbocycles. The Kier molecular flexibility index (Phi) is 5.04. The van der Waals surface area contributed by atoms with Crippen molar-refractivity contribution in [3.8, 4) is 6.07 Å². The first-order chi connectivity index (χ1) is 14.1. The number of hydrogen-bond acceptors (Lipinski definition) is 5. The number of carbonyl (C=O) groups is 1. The number of nitrogens with zero attached hydrogens (tertiary/aromatic N) is 2. The van der Waals surface area contributed by atoms with Crippen LogP contribution in [-0.4, -0.2) is 5.78 Å². The minimum Gasteiger partial charge on any atom is -0.384 e. The van der Waals surface area contributed by atoms with Gasteiger partial charge in [0.1, 0.15) is 5.82 Å². The van der Waals surface area contributed by atoms with Gasteiger partial charge in [-0.15, -0.1) is 11.3 Å². The van der Waals surface area contributed by atoms with Crippen molar-refractivity contribution in [2.45, 2.75) is 46.5 Å². The Labute approximate surface area is 186 Å². The van der Waals surface area contributed by atoms with Crippen molar-refractivity contribution in [3.05, 3.63) is 73.3 Å². The lowest BCUT2D eigenvalue weighted by Gasteiger charge is -2.43. The van der Waals surface area contributed by atoms with E-state index in [1.165, 1.54) is 0 Å². The van der Waals surface area contributed by atoms with Gasteiger partial charge in [0, 0.05) is 38.2 Å². The van der Waals surface area contributed by atoms with Crippen LogP contribution in [-0.2, 0) is 4.79 Å². The van der Waals surface area contributed by atoms with Gasteiger partial charge >= 0.3 is 0 Å². The molecule has 0 fully saturated rings. The van der Waals surface area contributed by atoms with Gasteiger partial charge in [0.25, 0.3) is 0 Å². The van der Waals surface area contributed by atoms with E-state index in [2.05, 4.69) is 26.0 Å². The number of Topliss-reactive ketones (excluding diaryl/α,β-unsaturated/α-hetero) is 1. The molecule has 2 aromatic rings. The SMILES string of the molecule is Cc1cc([C@@H]2C(C#N)=C(N)N(c3cccc(Cl)c3)C3=C2C(=O)CC(C)(C)C3)c(C)s1. The van der Waals surface area contributed by atoms with Gasteiger partial charge in [-0.3, -0.25) is 9.69 Å². The zero-order valence-electron chi connectivity index (χ0n) is 17.5. The third kappa shape index (κ3) is 3.34. The minimum atomic E-state index is -0.422. The highest BCUT2D eigenvalue weighted by molar-refractivity contribution is 7.12. The number of aryl methyl sites for hydroxylation is 2. The minimum absolute atomic E-state index is 0.0850. The van der Waals surface area contributed by atoms with E-state index in [4.69, 9.17) is 17.3 Å². The van der Waals surface area contributed by atoms with Crippen molar-refractivity contribution in [1.82, 2.24) is 0 Å². The molecule has 1 aliphatic heterocycles. The quantitative estimate of drug-likeness (QED) is 0.629. The Morgan fingerprint density at radius 2 is 2.00 bits per heavy atom. The Morgan fingerprint density at radius 1 is 1.27 bits per heavy atom. The van der Waals surface area contributed by atoms with Crippen LogP contribution in [0.25, 0.3) is 0 Å². The van der Waals surface area contributed by atoms with E-state index in [0.717, 1.165) is 26.7 Å². The molecule has 0 bridgehead atoms. The Balaban J connectivity index is 2.03. The molecule has 0 saturated heterocycles. The molecule has 2 N–H and O–H groups in total. The second-order valence-electron chi connectivity index (χ2n) is 8.83. The molecular weight excluding hydrogens is 414 g/mol. The molecule has 2 heterocycles. The lowest BCUT2D eigenvalue weighted by atomic mass is 9.68. The smallest absolute Gasteiger partial charge is 0.162 e. The van der Waals surface area contributed by atoms with Crippen LogP contribution in [0.1, 0.15) is 47.9 Å². The average molecular weight is 438 g/mol. The van der Waals surface area contributed by atoms with Gasteiger partial charge in [0.05, 0.1) is 17.6 Å². The van der Waals surface area contributed by atoms with Crippen molar-refractivity contribution in [2.24, 2.45) is 11.1 Å². The van der Waals surface area contributed by atoms with Crippen molar-refractivity contribution in [2.75, 3.05) is 4.90 Å². The number of nitriles is 1. The Hall–Kier alpha value is -2.55. The number of halogens is 1. The lowest BCUT2D eigenvalue weighted by molar-refractivity contribution is -0.118. The van der Waals surface area contributed by atoms with Gasteiger partial charge in [0.2, 0.25) is 0 Å². The zero-order valence-corrected chi connectivity index (χ0v) is 19.1. The summed E-state index contributed by atoms with van der Waals surface area (Å²) in [6.07, 6.45) is 1.14. The summed E-state index contributed by atoms with van der Waals surface area (Å²) in [4.78, 5) is 17.6. The van der Waals surface area contributed by atoms with E-state index in [-0.39, 0.29) is 11.2 Å². The average Bonchev–Trinajstić information content (AvgIpc) is 2.97. The van der Waals surface area contributed by atoms with Crippen LogP contribution in [0.5, 0.6) is 0 Å². The standard InChI is InChI=1S/C24H24ClN3OS/c1-13-8-17(14(2)30-13)21-18(12-26)23(27)28(16-7-5-6-15(25)9-16)19-10-24(3,4)11-20(29)22(19)21/h5-9,21H,10-11,27H2,1-4H3/t21-/m1/s1. The molecule has 0 spiro atoms. The maximum atomic E-state index is 13.5. The summed E-state index contributed by atoms with van der Waals surface area (Å²) in [5, 5.41) is 10.7. The van der Waals surface area contributed by atoms with Gasteiger partial charge in [-0.25, -0.2) is 0 Å². The Bertz CT molecular complexity index is 1170. The lowest BCUT2D eigenvalue weighted by Crippen LogP contribution is -2.42. The summed E-state index contributed by atoms with van der Waals surface area (Å²) < 4.78 is 0. The number of ketones is 1. The van der Waals surface area contributed by atoms with Crippen molar-refractivity contribution in [3.63, 3.8) is 0 Å². The van der Waals surface area contributed by atoms with Crippen molar-refractivity contribution < 1.29 is 4.79 Å². The first kappa shape index (κ1) is 20.7. The van der Waals surface area contributed by atoms with Crippen LogP contribution >= 0.6 is 22.9 Å². The highest BCUT2D eigenvalue weighted by Crippen LogP contribution is 2.51. The van der Waals surface area contributed by atoms with Gasteiger partial charge in [0.15, 0.2) is 5.78 Å². The van der Waals surface area contributed by atoms with Crippen LogP contribution in [0.4, 0.5) is 5.69 Å². The molecule has 4 nitrogen and oxygen atoms in total. The van der Waals surface area contributed by atoms with Crippen molar-refractivity contribution >= 4 is 34.4 Å². The number of rotatable bonds is 2. The molecule has 1 atom stereocenters. The summed E-state index contributed by atoms with van der Waals surface area (Å²) in [5.41, 5.74) is 10.2. The third-order valence-electron chi connectivity index (χ3n) is 5.84. The molecule has 6 heteroatoms. The van der Waals surface area contributed by atoms with E-state index in [1.807, 2.05) is 36.9 Å². The molecule has 2 aliphatic rings. The number of allylic oxidation sites excluding steroid dienone is 3. The largest absolute Gasteiger partial charge is 0.384 e. The van der Waals surface area contributed by atoms with Gasteiger partial charge < -0.3 is 5.73 Å². The van der Waals surface area contributed by atoms with Gasteiger partial charge in [-0.05, 0) is 55.5 Å². The van der Waals surface area contributed by atoms with E-state index < -0.39 is 5.92 Å². The predicted octanol–water partition coefficient (Wildman–Crippen LogP) is 5.96. The fourth-order valence-electron chi connectivity index (χ4n) is 4.67. The zero-order chi connectivity index (χ0) is 21.8. The summed E-state index contributed by atoms with van der Waals surface area (Å²) in [7, 11) is 0. The van der Waals surface area contributed by atoms with Gasteiger partial charge in [-0.2, -0.15) is 5.26 Å². The first-order valence-electron chi connectivity index (χ1n) is 9.91. The molecule has 0 radical (unpaired) electrons. The molecule has 154 valence electrons. The molecule has 30 heavy (non-hydrogen) atoms. The maximum absolute atomic E-state index is 13.5. The van der Waals surface area contributed by atoms with E-state index >= 15 is 0 Å². The highest BCUT2D eigenvalue weighted by atomic mass is 35.5. The fourth-order valence-corrected chi connectivity index (χ4v) is 5.82. The summed E-state index contributed by atoms with van der Waals surface area (Å²) in [5.74, 6) is 0.0352. The fraction of sp³-hybridized carbons (Fsp3) is 0.333. The number of carbonyl (C=O) groups excluding carboxylic acids is 1. The number of thiophene rings is 1. The Morgan fingerprint density at radius 3 is 2.60 bits per heavy atom. The second kappa shape index (κ2) is 7.30. The molecule has 4 rings (SSSR count). The molecule has 1 aromatic heterocycles. The number of hydrogen-bond donors (Lipinski definition) is 1. The highest BCUT2D eigenvalue weighted by Gasteiger charge is 2.45. The maximum Gasteiger partial charge on any atom is 0.162 e. The molecule has 1 aromatic carbocycles. The van der Waals surface area contributed by atoms with Gasteiger partial charge in [-0.1, -0.05) is 31.5 Å². The van der Waals surface area contributed by atoms with Crippen LogP contribution in [0.15, 0.2) is 53.0 Å². The molecule has 1 aliphatic carbocycles. The monoisotopic (exact) mass is 437 g/mol. The van der Waals surface area contributed by atoms with E-state index in [9.17, 15) is 10.1 Å². The van der Waals surface area contributed by atoms with E-state index in [0.29, 0.717) is 34.8 Å². The molecular formula is C24H24ClN3OS. The van der Waals surface area contributed by atoms with Crippen LogP contribution in [0.3, 0.4) is 0 Å². The normalized spacial score (nSPS) is 21.0. The summed E-state index contributed by atoms with van der Waals surface area (Å²) in [6.45, 7) is 8.28. The second-order valence-corrected chi connectivity index (χ2v) is 10.7. The molecule has 0 unspecified atom stereocenters. The van der Waals surface area contributed by atoms with E-state index in [1.54, 1.807) is 17.4 Å².